The minimum Gasteiger partial charge on any atom is -0.316 e. The van der Waals surface area contributed by atoms with Gasteiger partial charge in [-0.05, 0) is 0 Å². The zero-order chi connectivity index (χ0) is 6.81. The van der Waals surface area contributed by atoms with Crippen molar-refractivity contribution < 1.29 is 0 Å². The Bertz CT molecular complexity index is 194. The molecule has 0 spiro atoms. The average Bonchev–Trinajstić information content (AvgIpc) is 2.29. The number of rotatable bonds is 2. The number of halogens is 1. The first kappa shape index (κ1) is 8.49. The lowest BCUT2D eigenvalue weighted by Crippen LogP contribution is -2.44. The predicted octanol–water partition coefficient (Wildman–Crippen LogP) is -0.0807. The van der Waals surface area contributed by atoms with Crippen LogP contribution in [-0.4, -0.2) is 28.1 Å². The molecule has 1 aliphatic heterocycles. The second-order valence-corrected chi connectivity index (χ2v) is 2.61. The minimum absolute atomic E-state index is 0. The van der Waals surface area contributed by atoms with E-state index in [4.69, 9.17) is 0 Å². The predicted molar refractivity (Wildman–Crippen MR) is 43.6 cm³/mol. The Labute approximate surface area is 71.4 Å². The molecule has 1 saturated heterocycles. The third kappa shape index (κ3) is 1.91. The molecular formula is C6H11ClN4. The summed E-state index contributed by atoms with van der Waals surface area (Å²) < 4.78 is 0. The van der Waals surface area contributed by atoms with Crippen molar-refractivity contribution in [3.05, 3.63) is 12.4 Å². The summed E-state index contributed by atoms with van der Waals surface area (Å²) in [5.74, 6) is 0.743. The van der Waals surface area contributed by atoms with E-state index < -0.39 is 0 Å². The van der Waals surface area contributed by atoms with Gasteiger partial charge in [-0.3, -0.25) is 0 Å². The highest BCUT2D eigenvalue weighted by Crippen LogP contribution is 2.03. The number of nitrogens with one attached hydrogen (secondary N) is 1. The molecule has 2 heterocycles. The van der Waals surface area contributed by atoms with E-state index in [1.54, 1.807) is 17.2 Å². The van der Waals surface area contributed by atoms with Gasteiger partial charge < -0.3 is 5.32 Å². The van der Waals surface area contributed by atoms with Crippen LogP contribution in [0.1, 0.15) is 0 Å². The van der Waals surface area contributed by atoms with Gasteiger partial charge in [0.25, 0.3) is 0 Å². The minimum atomic E-state index is 0. The lowest BCUT2D eigenvalue weighted by Gasteiger charge is -2.25. The van der Waals surface area contributed by atoms with Gasteiger partial charge in [-0.1, -0.05) is 0 Å². The molecule has 0 saturated carbocycles. The van der Waals surface area contributed by atoms with Crippen molar-refractivity contribution in [2.45, 2.75) is 6.54 Å². The molecular weight excluding hydrogens is 164 g/mol. The highest BCUT2D eigenvalue weighted by atomic mass is 35.5. The third-order valence-corrected chi connectivity index (χ3v) is 1.75. The Balaban J connectivity index is 0.000000605. The Morgan fingerprint density at radius 1 is 1.36 bits per heavy atom. The Kier molecular flexibility index (Phi) is 2.84. The summed E-state index contributed by atoms with van der Waals surface area (Å²) in [6.07, 6.45) is 3.43. The van der Waals surface area contributed by atoms with Crippen molar-refractivity contribution in [1.29, 1.82) is 0 Å². The molecule has 2 rings (SSSR count). The lowest BCUT2D eigenvalue weighted by atomic mass is 10.0. The summed E-state index contributed by atoms with van der Waals surface area (Å²) >= 11 is 0. The van der Waals surface area contributed by atoms with Crippen LogP contribution >= 0.6 is 12.4 Å². The smallest absolute Gasteiger partial charge is 0.0693 e. The fraction of sp³-hybridized carbons (Fsp3) is 0.667. The molecule has 1 N–H and O–H groups in total. The molecule has 1 aromatic rings. The summed E-state index contributed by atoms with van der Waals surface area (Å²) in [6.45, 7) is 3.18. The van der Waals surface area contributed by atoms with Crippen LogP contribution in [0.5, 0.6) is 0 Å². The normalized spacial score (nSPS) is 17.1. The first-order valence-corrected chi connectivity index (χ1v) is 3.50. The van der Waals surface area contributed by atoms with Gasteiger partial charge in [0.05, 0.1) is 18.9 Å². The summed E-state index contributed by atoms with van der Waals surface area (Å²) in [4.78, 5) is 1.74. The molecule has 4 nitrogen and oxygen atoms in total. The van der Waals surface area contributed by atoms with Crippen LogP contribution < -0.4 is 5.32 Å². The first-order valence-electron chi connectivity index (χ1n) is 3.50. The molecule has 0 aliphatic carbocycles. The van der Waals surface area contributed by atoms with Gasteiger partial charge in [-0.2, -0.15) is 15.0 Å². The van der Waals surface area contributed by atoms with Gasteiger partial charge in [0, 0.05) is 19.0 Å². The van der Waals surface area contributed by atoms with E-state index in [0.29, 0.717) is 0 Å². The van der Waals surface area contributed by atoms with Crippen LogP contribution in [-0.2, 0) is 6.54 Å². The van der Waals surface area contributed by atoms with E-state index in [1.165, 1.54) is 0 Å². The van der Waals surface area contributed by atoms with Crippen LogP contribution in [0.2, 0.25) is 0 Å². The summed E-state index contributed by atoms with van der Waals surface area (Å²) in [6, 6.07) is 0. The molecule has 0 atom stereocenters. The molecule has 1 fully saturated rings. The molecule has 1 aliphatic rings. The number of nitrogens with zero attached hydrogens (tertiary/aromatic N) is 3. The molecule has 11 heavy (non-hydrogen) atoms. The van der Waals surface area contributed by atoms with Gasteiger partial charge in [0.2, 0.25) is 0 Å². The van der Waals surface area contributed by atoms with Crippen LogP contribution in [0.25, 0.3) is 0 Å². The lowest BCUT2D eigenvalue weighted by molar-refractivity contribution is 0.281. The second-order valence-electron chi connectivity index (χ2n) is 2.61. The molecule has 0 unspecified atom stereocenters. The quantitative estimate of drug-likeness (QED) is 0.682. The number of aromatic nitrogens is 3. The van der Waals surface area contributed by atoms with E-state index in [1.807, 2.05) is 0 Å². The SMILES string of the molecule is Cl.c1cnn(CC2CNC2)n1. The van der Waals surface area contributed by atoms with Crippen LogP contribution in [0.15, 0.2) is 12.4 Å². The molecule has 5 heteroatoms. The van der Waals surface area contributed by atoms with Crippen molar-refractivity contribution in [2.75, 3.05) is 13.1 Å². The number of hydrogen-bond donors (Lipinski definition) is 1. The molecule has 1 aromatic heterocycles. The maximum atomic E-state index is 4.02. The van der Waals surface area contributed by atoms with Crippen molar-refractivity contribution >= 4 is 12.4 Å². The van der Waals surface area contributed by atoms with Crippen molar-refractivity contribution in [1.82, 2.24) is 20.3 Å². The van der Waals surface area contributed by atoms with Crippen LogP contribution in [0.3, 0.4) is 0 Å². The van der Waals surface area contributed by atoms with Gasteiger partial charge in [-0.15, -0.1) is 12.4 Å². The van der Waals surface area contributed by atoms with Crippen molar-refractivity contribution in [3.8, 4) is 0 Å². The summed E-state index contributed by atoms with van der Waals surface area (Å²) in [5, 5.41) is 11.2. The van der Waals surface area contributed by atoms with Gasteiger partial charge in [0.15, 0.2) is 0 Å². The fourth-order valence-electron chi connectivity index (χ4n) is 1.05. The van der Waals surface area contributed by atoms with E-state index in [0.717, 1.165) is 25.6 Å². The van der Waals surface area contributed by atoms with E-state index in [2.05, 4.69) is 15.5 Å². The van der Waals surface area contributed by atoms with E-state index in [-0.39, 0.29) is 12.4 Å². The van der Waals surface area contributed by atoms with Crippen molar-refractivity contribution in [2.24, 2.45) is 5.92 Å². The van der Waals surface area contributed by atoms with E-state index in [9.17, 15) is 0 Å². The van der Waals surface area contributed by atoms with Crippen molar-refractivity contribution in [3.63, 3.8) is 0 Å². The highest BCUT2D eigenvalue weighted by Gasteiger charge is 2.17. The maximum absolute atomic E-state index is 4.02. The Hall–Kier alpha value is -0.610. The van der Waals surface area contributed by atoms with Crippen LogP contribution in [0, 0.1) is 5.92 Å². The largest absolute Gasteiger partial charge is 0.316 e. The van der Waals surface area contributed by atoms with Gasteiger partial charge in [0.1, 0.15) is 0 Å². The van der Waals surface area contributed by atoms with E-state index >= 15 is 0 Å². The zero-order valence-corrected chi connectivity index (χ0v) is 6.92. The summed E-state index contributed by atoms with van der Waals surface area (Å²) in [5.41, 5.74) is 0. The van der Waals surface area contributed by atoms with Gasteiger partial charge in [-0.25, -0.2) is 0 Å². The summed E-state index contributed by atoms with van der Waals surface area (Å²) in [7, 11) is 0. The fourth-order valence-corrected chi connectivity index (χ4v) is 1.05. The Morgan fingerprint density at radius 3 is 2.45 bits per heavy atom. The first-order chi connectivity index (χ1) is 4.95. The maximum Gasteiger partial charge on any atom is 0.0693 e. The molecule has 0 bridgehead atoms. The Morgan fingerprint density at radius 2 is 2.00 bits per heavy atom. The zero-order valence-electron chi connectivity index (χ0n) is 6.10. The number of hydrogen-bond acceptors (Lipinski definition) is 3. The third-order valence-electron chi connectivity index (χ3n) is 1.75. The van der Waals surface area contributed by atoms with Crippen LogP contribution in [0.4, 0.5) is 0 Å². The highest BCUT2D eigenvalue weighted by molar-refractivity contribution is 5.85. The standard InChI is InChI=1S/C6H10N4.ClH/c1-2-9-10(8-1)5-6-3-7-4-6;/h1-2,6-7H,3-5H2;1H. The second kappa shape index (κ2) is 3.69. The molecule has 0 aromatic carbocycles. The molecule has 62 valence electrons. The average molecular weight is 175 g/mol. The van der Waals surface area contributed by atoms with Gasteiger partial charge >= 0.3 is 0 Å². The topological polar surface area (TPSA) is 42.7 Å². The molecule has 0 radical (unpaired) electrons. The monoisotopic (exact) mass is 174 g/mol. The molecule has 0 amide bonds.